The van der Waals surface area contributed by atoms with Gasteiger partial charge in [0.1, 0.15) is 12.4 Å². The average Bonchev–Trinajstić information content (AvgIpc) is 2.79. The van der Waals surface area contributed by atoms with E-state index in [2.05, 4.69) is 0 Å². The van der Waals surface area contributed by atoms with E-state index < -0.39 is 10.0 Å². The molecule has 0 atom stereocenters. The predicted octanol–water partition coefficient (Wildman–Crippen LogP) is 3.98. The summed E-state index contributed by atoms with van der Waals surface area (Å²) in [5, 5.41) is 0.650. The molecule has 2 aromatic rings. The van der Waals surface area contributed by atoms with E-state index in [0.717, 1.165) is 24.8 Å². The van der Waals surface area contributed by atoms with Crippen molar-refractivity contribution in [2.75, 3.05) is 33.3 Å². The van der Waals surface area contributed by atoms with Crippen LogP contribution in [0.5, 0.6) is 5.75 Å². The molecule has 0 saturated carbocycles. The van der Waals surface area contributed by atoms with E-state index in [1.165, 1.54) is 0 Å². The van der Waals surface area contributed by atoms with E-state index in [1.807, 2.05) is 0 Å². The van der Waals surface area contributed by atoms with Crippen LogP contribution in [0.25, 0.3) is 0 Å². The molecule has 168 valence electrons. The zero-order valence-electron chi connectivity index (χ0n) is 17.8. The van der Waals surface area contributed by atoms with Crippen LogP contribution in [0.3, 0.4) is 0 Å². The van der Waals surface area contributed by atoms with Crippen molar-refractivity contribution in [3.63, 3.8) is 0 Å². The fourth-order valence-electron chi connectivity index (χ4n) is 3.48. The number of hydrogen-bond acceptors (Lipinski definition) is 4. The summed E-state index contributed by atoms with van der Waals surface area (Å²) in [7, 11) is -1.67. The minimum Gasteiger partial charge on any atom is -0.492 e. The molecule has 0 bridgehead atoms. The van der Waals surface area contributed by atoms with Gasteiger partial charge in [-0.05, 0) is 61.2 Å². The Bertz CT molecular complexity index is 956. The Hall–Kier alpha value is -2.09. The van der Waals surface area contributed by atoms with Crippen molar-refractivity contribution in [3.05, 3.63) is 59.1 Å². The van der Waals surface area contributed by atoms with Crippen molar-refractivity contribution in [1.29, 1.82) is 0 Å². The largest absolute Gasteiger partial charge is 0.492 e. The minimum atomic E-state index is -3.42. The predicted molar refractivity (Wildman–Crippen MR) is 122 cm³/mol. The molecule has 31 heavy (non-hydrogen) atoms. The molecule has 6 nitrogen and oxygen atoms in total. The Balaban J connectivity index is 1.44. The molecule has 1 aliphatic rings. The molecule has 1 amide bonds. The molecule has 1 heterocycles. The van der Waals surface area contributed by atoms with Crippen LogP contribution in [0.4, 0.5) is 0 Å². The number of piperidine rings is 1. The van der Waals surface area contributed by atoms with E-state index in [0.29, 0.717) is 54.8 Å². The van der Waals surface area contributed by atoms with Gasteiger partial charge in [-0.1, -0.05) is 30.2 Å². The van der Waals surface area contributed by atoms with Crippen LogP contribution in [0.2, 0.25) is 5.02 Å². The second kappa shape index (κ2) is 11.0. The Kier molecular flexibility index (Phi) is 8.35. The number of hydrogen-bond donors (Lipinski definition) is 0. The normalized spacial score (nSPS) is 14.9. The minimum absolute atomic E-state index is 0.0183. The summed E-state index contributed by atoms with van der Waals surface area (Å²) in [5.74, 6) is 0.731. The maximum atomic E-state index is 12.7. The van der Waals surface area contributed by atoms with Gasteiger partial charge in [0.25, 0.3) is 0 Å². The first-order valence-corrected chi connectivity index (χ1v) is 12.4. The molecule has 0 unspecified atom stereocenters. The average molecular weight is 465 g/mol. The van der Waals surface area contributed by atoms with Crippen LogP contribution in [0, 0.1) is 0 Å². The smallest absolute Gasteiger partial charge is 0.243 e. The number of halogens is 1. The van der Waals surface area contributed by atoms with Crippen LogP contribution in [0.1, 0.15) is 31.2 Å². The number of nitrogens with zero attached hydrogens (tertiary/aromatic N) is 2. The third-order valence-electron chi connectivity index (χ3n) is 5.44. The first-order valence-electron chi connectivity index (χ1n) is 10.6. The lowest BCUT2D eigenvalue weighted by Crippen LogP contribution is -2.35. The highest BCUT2D eigenvalue weighted by molar-refractivity contribution is 7.89. The topological polar surface area (TPSA) is 66.9 Å². The van der Waals surface area contributed by atoms with Crippen LogP contribution in [0.15, 0.2) is 53.4 Å². The van der Waals surface area contributed by atoms with Crippen molar-refractivity contribution in [1.82, 2.24) is 9.21 Å². The highest BCUT2D eigenvalue weighted by atomic mass is 35.5. The first-order chi connectivity index (χ1) is 14.9. The van der Waals surface area contributed by atoms with Crippen molar-refractivity contribution >= 4 is 27.5 Å². The first kappa shape index (κ1) is 23.6. The van der Waals surface area contributed by atoms with E-state index in [1.54, 1.807) is 64.8 Å². The van der Waals surface area contributed by atoms with Gasteiger partial charge in [0.05, 0.1) is 11.4 Å². The van der Waals surface area contributed by atoms with Crippen molar-refractivity contribution < 1.29 is 17.9 Å². The number of likely N-dealkylation sites (N-methyl/N-ethyl adjacent to an activating group) is 1. The van der Waals surface area contributed by atoms with Gasteiger partial charge in [0.15, 0.2) is 0 Å². The van der Waals surface area contributed by atoms with E-state index in [9.17, 15) is 13.2 Å². The molecule has 0 radical (unpaired) electrons. The third kappa shape index (κ3) is 6.69. The molecule has 0 aliphatic carbocycles. The number of sulfonamides is 1. The van der Waals surface area contributed by atoms with Gasteiger partial charge in [-0.25, -0.2) is 8.42 Å². The van der Waals surface area contributed by atoms with Gasteiger partial charge >= 0.3 is 0 Å². The monoisotopic (exact) mass is 464 g/mol. The highest BCUT2D eigenvalue weighted by Gasteiger charge is 2.25. The fraction of sp³-hybridized carbons (Fsp3) is 0.435. The fourth-order valence-corrected chi connectivity index (χ4v) is 5.12. The lowest BCUT2D eigenvalue weighted by Gasteiger charge is -2.25. The van der Waals surface area contributed by atoms with E-state index in [4.69, 9.17) is 16.3 Å². The number of ether oxygens (including phenoxy) is 1. The van der Waals surface area contributed by atoms with E-state index >= 15 is 0 Å². The molecule has 0 aromatic heterocycles. The van der Waals surface area contributed by atoms with Gasteiger partial charge in [-0.2, -0.15) is 4.31 Å². The number of carbonyl (C=O) groups excluding carboxylic acids is 1. The lowest BCUT2D eigenvalue weighted by molar-refractivity contribution is -0.130. The second-order valence-corrected chi connectivity index (χ2v) is 10.1. The number of benzene rings is 2. The van der Waals surface area contributed by atoms with Crippen LogP contribution in [-0.4, -0.2) is 56.8 Å². The molecule has 1 aliphatic heterocycles. The van der Waals surface area contributed by atoms with Crippen molar-refractivity contribution in [2.45, 2.75) is 37.0 Å². The zero-order chi connectivity index (χ0) is 22.3. The molecular formula is C23H29ClN2O4S. The molecule has 8 heteroatoms. The molecule has 3 rings (SSSR count). The van der Waals surface area contributed by atoms with Gasteiger partial charge < -0.3 is 9.64 Å². The van der Waals surface area contributed by atoms with Gasteiger partial charge in [-0.3, -0.25) is 4.79 Å². The SMILES string of the molecule is CN(CCOc1ccc(Cl)cc1)C(=O)CCc1ccc(S(=O)(=O)N2CCCCC2)cc1. The van der Waals surface area contributed by atoms with Crippen molar-refractivity contribution in [3.8, 4) is 5.75 Å². The standard InChI is InChI=1S/C23H29ClN2O4S/c1-25(17-18-30-21-10-8-20(24)9-11-21)23(27)14-7-19-5-12-22(13-6-19)31(28,29)26-15-3-2-4-16-26/h5-6,8-13H,2-4,7,14-18H2,1H3. The summed E-state index contributed by atoms with van der Waals surface area (Å²) < 4.78 is 32.6. The highest BCUT2D eigenvalue weighted by Crippen LogP contribution is 2.21. The van der Waals surface area contributed by atoms with Crippen LogP contribution < -0.4 is 4.74 Å². The van der Waals surface area contributed by atoms with E-state index in [-0.39, 0.29) is 5.91 Å². The quantitative estimate of drug-likeness (QED) is 0.562. The number of amides is 1. The second-order valence-electron chi connectivity index (χ2n) is 7.73. The Morgan fingerprint density at radius 1 is 1.03 bits per heavy atom. The molecule has 2 aromatic carbocycles. The molecule has 1 saturated heterocycles. The summed E-state index contributed by atoms with van der Waals surface area (Å²) in [6.45, 7) is 2.06. The Labute approximate surface area is 189 Å². The maximum Gasteiger partial charge on any atom is 0.243 e. The summed E-state index contributed by atoms with van der Waals surface area (Å²) in [6.07, 6.45) is 3.83. The van der Waals surface area contributed by atoms with Crippen LogP contribution in [-0.2, 0) is 21.2 Å². The van der Waals surface area contributed by atoms with Gasteiger partial charge in [-0.15, -0.1) is 0 Å². The molecule has 0 spiro atoms. The van der Waals surface area contributed by atoms with Gasteiger partial charge in [0.2, 0.25) is 15.9 Å². The molecule has 1 fully saturated rings. The molecule has 0 N–H and O–H groups in total. The Morgan fingerprint density at radius 3 is 2.32 bits per heavy atom. The summed E-state index contributed by atoms with van der Waals surface area (Å²) in [4.78, 5) is 14.4. The maximum absolute atomic E-state index is 12.7. The summed E-state index contributed by atoms with van der Waals surface area (Å²) >= 11 is 5.85. The number of aryl methyl sites for hydroxylation is 1. The number of carbonyl (C=O) groups is 1. The molecular weight excluding hydrogens is 436 g/mol. The lowest BCUT2D eigenvalue weighted by atomic mass is 10.1. The zero-order valence-corrected chi connectivity index (χ0v) is 19.4. The van der Waals surface area contributed by atoms with Gasteiger partial charge in [0, 0.05) is 31.6 Å². The summed E-state index contributed by atoms with van der Waals surface area (Å²) in [5.41, 5.74) is 0.941. The third-order valence-corrected chi connectivity index (χ3v) is 7.60. The van der Waals surface area contributed by atoms with Crippen LogP contribution >= 0.6 is 11.6 Å². The van der Waals surface area contributed by atoms with Crippen molar-refractivity contribution in [2.24, 2.45) is 0 Å². The Morgan fingerprint density at radius 2 is 1.68 bits per heavy atom. The number of rotatable bonds is 9. The summed E-state index contributed by atoms with van der Waals surface area (Å²) in [6, 6.07) is 14.0.